The molecule has 0 bridgehead atoms. The van der Waals surface area contributed by atoms with E-state index < -0.39 is 10.0 Å². The van der Waals surface area contributed by atoms with Gasteiger partial charge < -0.3 is 0 Å². The molecule has 1 aromatic heterocycles. The van der Waals surface area contributed by atoms with Crippen LogP contribution in [0.25, 0.3) is 11.0 Å². The summed E-state index contributed by atoms with van der Waals surface area (Å²) < 4.78 is 27.0. The molecule has 0 atom stereocenters. The first-order valence-corrected chi connectivity index (χ1v) is 8.36. The van der Waals surface area contributed by atoms with E-state index in [1.54, 1.807) is 24.5 Å². The standard InChI is InChI=1S/C15H12ClN3O2S/c16-12-2-1-3-13(9-12)22(20,21)19-10-11-4-5-14-15(8-11)18-7-6-17-14/h1-9,19H,10H2. The van der Waals surface area contributed by atoms with E-state index in [2.05, 4.69) is 14.7 Å². The van der Waals surface area contributed by atoms with Crippen LogP contribution >= 0.6 is 11.6 Å². The van der Waals surface area contributed by atoms with Gasteiger partial charge in [-0.3, -0.25) is 9.97 Å². The summed E-state index contributed by atoms with van der Waals surface area (Å²) >= 11 is 5.83. The predicted octanol–water partition coefficient (Wildman–Crippen LogP) is 2.76. The van der Waals surface area contributed by atoms with Gasteiger partial charge in [0, 0.05) is 24.0 Å². The lowest BCUT2D eigenvalue weighted by Gasteiger charge is -2.07. The van der Waals surface area contributed by atoms with Crippen molar-refractivity contribution in [3.05, 3.63) is 65.4 Å². The molecular formula is C15H12ClN3O2S. The quantitative estimate of drug-likeness (QED) is 0.797. The van der Waals surface area contributed by atoms with Gasteiger partial charge in [0.1, 0.15) is 0 Å². The van der Waals surface area contributed by atoms with Crippen LogP contribution in [0.5, 0.6) is 0 Å². The summed E-state index contributed by atoms with van der Waals surface area (Å²) in [4.78, 5) is 8.51. The zero-order valence-corrected chi connectivity index (χ0v) is 13.0. The van der Waals surface area contributed by atoms with Crippen molar-refractivity contribution in [3.63, 3.8) is 0 Å². The highest BCUT2D eigenvalue weighted by Crippen LogP contribution is 2.16. The minimum Gasteiger partial charge on any atom is -0.253 e. The molecule has 0 saturated carbocycles. The maximum absolute atomic E-state index is 12.2. The fraction of sp³-hybridized carbons (Fsp3) is 0.0667. The average Bonchev–Trinajstić information content (AvgIpc) is 2.53. The van der Waals surface area contributed by atoms with E-state index in [0.717, 1.165) is 16.6 Å². The van der Waals surface area contributed by atoms with E-state index in [0.29, 0.717) is 5.02 Å². The van der Waals surface area contributed by atoms with Crippen LogP contribution in [0, 0.1) is 0 Å². The molecule has 0 aliphatic rings. The Balaban J connectivity index is 1.81. The first kappa shape index (κ1) is 14.9. The third-order valence-corrected chi connectivity index (χ3v) is 4.74. The van der Waals surface area contributed by atoms with Gasteiger partial charge in [0.2, 0.25) is 10.0 Å². The molecule has 7 heteroatoms. The molecule has 112 valence electrons. The second-order valence-electron chi connectivity index (χ2n) is 4.66. The molecule has 22 heavy (non-hydrogen) atoms. The number of aromatic nitrogens is 2. The molecule has 1 N–H and O–H groups in total. The summed E-state index contributed by atoms with van der Waals surface area (Å²) in [6.45, 7) is 0.168. The lowest BCUT2D eigenvalue weighted by atomic mass is 10.2. The molecule has 3 aromatic rings. The topological polar surface area (TPSA) is 72.0 Å². The fourth-order valence-corrected chi connectivity index (χ4v) is 3.33. The first-order valence-electron chi connectivity index (χ1n) is 6.49. The van der Waals surface area contributed by atoms with Gasteiger partial charge in [-0.1, -0.05) is 23.7 Å². The van der Waals surface area contributed by atoms with Crippen molar-refractivity contribution in [2.45, 2.75) is 11.4 Å². The largest absolute Gasteiger partial charge is 0.253 e. The maximum Gasteiger partial charge on any atom is 0.240 e. The Bertz CT molecular complexity index is 929. The molecule has 0 saturated heterocycles. The molecule has 0 radical (unpaired) electrons. The van der Waals surface area contributed by atoms with E-state index in [1.807, 2.05) is 18.2 Å². The third kappa shape index (κ3) is 3.24. The van der Waals surface area contributed by atoms with Gasteiger partial charge in [-0.15, -0.1) is 0 Å². The number of nitrogens with zero attached hydrogens (tertiary/aromatic N) is 2. The molecule has 0 aliphatic heterocycles. The predicted molar refractivity (Wildman–Crippen MR) is 85.0 cm³/mol. The van der Waals surface area contributed by atoms with Crippen molar-refractivity contribution < 1.29 is 8.42 Å². The zero-order valence-electron chi connectivity index (χ0n) is 11.4. The molecule has 0 unspecified atom stereocenters. The number of nitrogens with one attached hydrogen (secondary N) is 1. The Morgan fingerprint density at radius 1 is 1.00 bits per heavy atom. The van der Waals surface area contributed by atoms with Crippen LogP contribution in [-0.2, 0) is 16.6 Å². The van der Waals surface area contributed by atoms with Crippen molar-refractivity contribution in [1.82, 2.24) is 14.7 Å². The van der Waals surface area contributed by atoms with Gasteiger partial charge in [0.05, 0.1) is 15.9 Å². The van der Waals surface area contributed by atoms with Crippen LogP contribution < -0.4 is 4.72 Å². The molecule has 2 aromatic carbocycles. The summed E-state index contributed by atoms with van der Waals surface area (Å²) in [7, 11) is -3.60. The highest BCUT2D eigenvalue weighted by Gasteiger charge is 2.14. The smallest absolute Gasteiger partial charge is 0.240 e. The second-order valence-corrected chi connectivity index (χ2v) is 6.86. The Hall–Kier alpha value is -2.02. The van der Waals surface area contributed by atoms with Crippen molar-refractivity contribution in [3.8, 4) is 0 Å². The van der Waals surface area contributed by atoms with Gasteiger partial charge in [0.15, 0.2) is 0 Å². The summed E-state index contributed by atoms with van der Waals surface area (Å²) in [5, 5.41) is 0.379. The number of sulfonamides is 1. The molecule has 0 aliphatic carbocycles. The average molecular weight is 334 g/mol. The van der Waals surface area contributed by atoms with Crippen LogP contribution in [0.2, 0.25) is 5.02 Å². The SMILES string of the molecule is O=S(=O)(NCc1ccc2nccnc2c1)c1cccc(Cl)c1. The number of halogens is 1. The summed E-state index contributed by atoms with van der Waals surface area (Å²) in [6, 6.07) is 11.6. The lowest BCUT2D eigenvalue weighted by molar-refractivity contribution is 0.581. The molecule has 3 rings (SSSR count). The van der Waals surface area contributed by atoms with Crippen LogP contribution in [0.1, 0.15) is 5.56 Å². The number of benzene rings is 2. The maximum atomic E-state index is 12.2. The normalized spacial score (nSPS) is 11.7. The summed E-state index contributed by atoms with van der Waals surface area (Å²) in [6.07, 6.45) is 3.21. The molecule has 1 heterocycles. The number of rotatable bonds is 4. The first-order chi connectivity index (χ1) is 10.5. The highest BCUT2D eigenvalue weighted by atomic mass is 35.5. The van der Waals surface area contributed by atoms with Crippen LogP contribution in [-0.4, -0.2) is 18.4 Å². The van der Waals surface area contributed by atoms with Crippen molar-refractivity contribution in [2.24, 2.45) is 0 Å². The van der Waals surface area contributed by atoms with Gasteiger partial charge in [0.25, 0.3) is 0 Å². The van der Waals surface area contributed by atoms with E-state index in [4.69, 9.17) is 11.6 Å². The number of hydrogen-bond acceptors (Lipinski definition) is 4. The Morgan fingerprint density at radius 3 is 2.55 bits per heavy atom. The fourth-order valence-electron chi connectivity index (χ4n) is 2.01. The molecule has 0 spiro atoms. The molecule has 5 nitrogen and oxygen atoms in total. The van der Waals surface area contributed by atoms with Crippen LogP contribution in [0.3, 0.4) is 0 Å². The number of hydrogen-bond donors (Lipinski definition) is 1. The van der Waals surface area contributed by atoms with Crippen molar-refractivity contribution >= 4 is 32.7 Å². The summed E-state index contributed by atoms with van der Waals surface area (Å²) in [5.74, 6) is 0. The van der Waals surface area contributed by atoms with Gasteiger partial charge in [-0.05, 0) is 35.9 Å². The van der Waals surface area contributed by atoms with Gasteiger partial charge >= 0.3 is 0 Å². The Morgan fingerprint density at radius 2 is 1.77 bits per heavy atom. The Labute approximate surface area is 133 Å². The third-order valence-electron chi connectivity index (χ3n) is 3.11. The van der Waals surface area contributed by atoms with E-state index in [9.17, 15) is 8.42 Å². The van der Waals surface area contributed by atoms with E-state index in [1.165, 1.54) is 12.1 Å². The lowest BCUT2D eigenvalue weighted by Crippen LogP contribution is -2.23. The highest BCUT2D eigenvalue weighted by molar-refractivity contribution is 7.89. The van der Waals surface area contributed by atoms with Crippen LogP contribution in [0.4, 0.5) is 0 Å². The van der Waals surface area contributed by atoms with Crippen LogP contribution in [0.15, 0.2) is 59.8 Å². The van der Waals surface area contributed by atoms with E-state index in [-0.39, 0.29) is 11.4 Å². The van der Waals surface area contributed by atoms with Gasteiger partial charge in [-0.25, -0.2) is 13.1 Å². The molecular weight excluding hydrogens is 322 g/mol. The number of fused-ring (bicyclic) bond motifs is 1. The molecule has 0 fully saturated rings. The van der Waals surface area contributed by atoms with Crippen molar-refractivity contribution in [1.29, 1.82) is 0 Å². The summed E-state index contributed by atoms with van der Waals surface area (Å²) in [5.41, 5.74) is 2.30. The zero-order chi connectivity index (χ0) is 15.6. The van der Waals surface area contributed by atoms with E-state index >= 15 is 0 Å². The second kappa shape index (κ2) is 6.00. The minimum absolute atomic E-state index is 0.139. The minimum atomic E-state index is -3.60. The monoisotopic (exact) mass is 333 g/mol. The van der Waals surface area contributed by atoms with Gasteiger partial charge in [-0.2, -0.15) is 0 Å². The Kier molecular flexibility index (Phi) is 4.06. The van der Waals surface area contributed by atoms with Crippen molar-refractivity contribution in [2.75, 3.05) is 0 Å². The molecule has 0 amide bonds.